The molecule has 1 N–H and O–H groups in total. The molecule has 1 heterocycles. The number of hydrogen-bond acceptors (Lipinski definition) is 6. The van der Waals surface area contributed by atoms with E-state index in [9.17, 15) is 9.59 Å². The zero-order valence-corrected chi connectivity index (χ0v) is 23.2. The van der Waals surface area contributed by atoms with Gasteiger partial charge in [0.2, 0.25) is 5.91 Å². The van der Waals surface area contributed by atoms with E-state index in [1.807, 2.05) is 67.6 Å². The second-order valence-electron chi connectivity index (χ2n) is 9.72. The molecule has 0 spiro atoms. The third kappa shape index (κ3) is 7.94. The Hall–Kier alpha value is -4.14. The van der Waals surface area contributed by atoms with Crippen molar-refractivity contribution in [3.63, 3.8) is 0 Å². The number of nitrogens with one attached hydrogen (secondary N) is 1. The van der Waals surface area contributed by atoms with Crippen molar-refractivity contribution in [2.75, 3.05) is 46.6 Å². The molecule has 0 aromatic heterocycles. The maximum absolute atomic E-state index is 14.1. The van der Waals surface area contributed by atoms with Crippen LogP contribution < -0.4 is 14.8 Å². The van der Waals surface area contributed by atoms with E-state index in [1.54, 1.807) is 24.1 Å². The van der Waals surface area contributed by atoms with Gasteiger partial charge in [-0.25, -0.2) is 0 Å². The standard InChI is InChI=1S/C32H37N3O5/c1-24(2)27-18-28(32(37)35(20-31(36)33-3)23-34-14-16-38-17-15-34)30(40-22-26-12-8-5-9-13-26)19-29(27)39-21-25-10-6-4-7-11-25/h4-13,18-19H,1,14-17,20-23H2,2-3H3,(H,33,36). The number of hydrogen-bond donors (Lipinski definition) is 1. The van der Waals surface area contributed by atoms with Crippen molar-refractivity contribution in [2.45, 2.75) is 20.1 Å². The van der Waals surface area contributed by atoms with Gasteiger partial charge in [-0.05, 0) is 29.7 Å². The average molecular weight is 544 g/mol. The highest BCUT2D eigenvalue weighted by Crippen LogP contribution is 2.35. The minimum atomic E-state index is -0.310. The number of benzene rings is 3. The Morgan fingerprint density at radius 1 is 0.900 bits per heavy atom. The largest absolute Gasteiger partial charge is 0.488 e. The number of nitrogens with zero attached hydrogens (tertiary/aromatic N) is 2. The quantitative estimate of drug-likeness (QED) is 0.366. The fourth-order valence-electron chi connectivity index (χ4n) is 4.36. The summed E-state index contributed by atoms with van der Waals surface area (Å²) < 4.78 is 17.9. The van der Waals surface area contributed by atoms with Crippen LogP contribution in [-0.2, 0) is 22.7 Å². The predicted molar refractivity (Wildman–Crippen MR) is 155 cm³/mol. The van der Waals surface area contributed by atoms with Gasteiger partial charge >= 0.3 is 0 Å². The van der Waals surface area contributed by atoms with Crippen molar-refractivity contribution in [1.29, 1.82) is 0 Å². The molecule has 0 aliphatic carbocycles. The van der Waals surface area contributed by atoms with Crippen LogP contribution in [0.4, 0.5) is 0 Å². The normalized spacial score (nSPS) is 13.3. The molecule has 4 rings (SSSR count). The molecule has 1 saturated heterocycles. The van der Waals surface area contributed by atoms with E-state index in [1.165, 1.54) is 0 Å². The van der Waals surface area contributed by atoms with E-state index in [4.69, 9.17) is 14.2 Å². The summed E-state index contributed by atoms with van der Waals surface area (Å²) in [6.45, 7) is 9.37. The first-order valence-electron chi connectivity index (χ1n) is 13.4. The second kappa shape index (κ2) is 14.3. The van der Waals surface area contributed by atoms with Gasteiger partial charge in [0.05, 0.1) is 25.4 Å². The molecule has 0 unspecified atom stereocenters. The summed E-state index contributed by atoms with van der Waals surface area (Å²) in [6.07, 6.45) is 0. The summed E-state index contributed by atoms with van der Waals surface area (Å²) in [4.78, 5) is 30.2. The van der Waals surface area contributed by atoms with Crippen molar-refractivity contribution < 1.29 is 23.8 Å². The van der Waals surface area contributed by atoms with Crippen LogP contribution in [0.15, 0.2) is 79.4 Å². The highest BCUT2D eigenvalue weighted by molar-refractivity contribution is 6.00. The molecule has 2 amide bonds. The lowest BCUT2D eigenvalue weighted by Crippen LogP contribution is -2.49. The first kappa shape index (κ1) is 28.9. The van der Waals surface area contributed by atoms with Gasteiger partial charge in [0, 0.05) is 31.8 Å². The second-order valence-corrected chi connectivity index (χ2v) is 9.72. The molecule has 8 heteroatoms. The lowest BCUT2D eigenvalue weighted by atomic mass is 10.0. The molecule has 210 valence electrons. The summed E-state index contributed by atoms with van der Waals surface area (Å²) in [7, 11) is 1.56. The minimum absolute atomic E-state index is 0.0839. The van der Waals surface area contributed by atoms with Gasteiger partial charge < -0.3 is 24.4 Å². The molecule has 0 atom stereocenters. The van der Waals surface area contributed by atoms with Gasteiger partial charge in [-0.3, -0.25) is 14.5 Å². The van der Waals surface area contributed by atoms with E-state index < -0.39 is 0 Å². The number of likely N-dealkylation sites (N-methyl/N-ethyl adjacent to an activating group) is 1. The zero-order valence-electron chi connectivity index (χ0n) is 23.2. The van der Waals surface area contributed by atoms with Crippen LogP contribution in [-0.4, -0.2) is 68.2 Å². The summed E-state index contributed by atoms with van der Waals surface area (Å²) in [5.74, 6) is 0.388. The lowest BCUT2D eigenvalue weighted by Gasteiger charge is -2.33. The molecule has 0 radical (unpaired) electrons. The van der Waals surface area contributed by atoms with E-state index in [0.29, 0.717) is 62.2 Å². The molecule has 3 aromatic rings. The Morgan fingerprint density at radius 3 is 1.98 bits per heavy atom. The number of ether oxygens (including phenoxy) is 3. The first-order chi connectivity index (χ1) is 19.4. The summed E-state index contributed by atoms with van der Waals surface area (Å²) >= 11 is 0. The fraction of sp³-hybridized carbons (Fsp3) is 0.312. The molecule has 1 fully saturated rings. The van der Waals surface area contributed by atoms with E-state index in [2.05, 4.69) is 16.8 Å². The SMILES string of the molecule is C=C(C)c1cc(C(=O)N(CC(=O)NC)CN2CCOCC2)c(OCc2ccccc2)cc1OCc1ccccc1. The summed E-state index contributed by atoms with van der Waals surface area (Å²) in [6, 6.07) is 23.2. The monoisotopic (exact) mass is 543 g/mol. The summed E-state index contributed by atoms with van der Waals surface area (Å²) in [5, 5.41) is 2.63. The van der Waals surface area contributed by atoms with Gasteiger partial charge in [-0.1, -0.05) is 67.2 Å². The van der Waals surface area contributed by atoms with Crippen LogP contribution in [0.2, 0.25) is 0 Å². The fourth-order valence-corrected chi connectivity index (χ4v) is 4.36. The number of rotatable bonds is 12. The van der Waals surface area contributed by atoms with Crippen LogP contribution >= 0.6 is 0 Å². The molecule has 0 bridgehead atoms. The van der Waals surface area contributed by atoms with Gasteiger partial charge in [-0.2, -0.15) is 0 Å². The maximum atomic E-state index is 14.1. The number of allylic oxidation sites excluding steroid dienone is 1. The van der Waals surface area contributed by atoms with Crippen LogP contribution in [0.5, 0.6) is 11.5 Å². The number of morpholine rings is 1. The molecule has 3 aromatic carbocycles. The lowest BCUT2D eigenvalue weighted by molar-refractivity contribution is -0.121. The van der Waals surface area contributed by atoms with Gasteiger partial charge in [0.15, 0.2) is 0 Å². The van der Waals surface area contributed by atoms with Gasteiger partial charge in [0.25, 0.3) is 5.91 Å². The third-order valence-electron chi connectivity index (χ3n) is 6.62. The first-order valence-corrected chi connectivity index (χ1v) is 13.4. The number of carbonyl (C=O) groups excluding carboxylic acids is 2. The van der Waals surface area contributed by atoms with Crippen molar-refractivity contribution in [2.24, 2.45) is 0 Å². The van der Waals surface area contributed by atoms with E-state index >= 15 is 0 Å². The Balaban J connectivity index is 1.69. The van der Waals surface area contributed by atoms with Crippen molar-refractivity contribution in [3.8, 4) is 11.5 Å². The predicted octanol–water partition coefficient (Wildman–Crippen LogP) is 4.36. The van der Waals surface area contributed by atoms with Crippen LogP contribution in [0.1, 0.15) is 34.0 Å². The number of carbonyl (C=O) groups is 2. The van der Waals surface area contributed by atoms with E-state index in [0.717, 1.165) is 16.7 Å². The topological polar surface area (TPSA) is 80.3 Å². The molecule has 8 nitrogen and oxygen atoms in total. The Kier molecular flexibility index (Phi) is 10.3. The number of amides is 2. The molecule has 40 heavy (non-hydrogen) atoms. The van der Waals surface area contributed by atoms with Crippen LogP contribution in [0.25, 0.3) is 5.57 Å². The Labute approximate surface area is 236 Å². The minimum Gasteiger partial charge on any atom is -0.488 e. The van der Waals surface area contributed by atoms with Crippen molar-refractivity contribution in [3.05, 3.63) is 102 Å². The van der Waals surface area contributed by atoms with Crippen molar-refractivity contribution in [1.82, 2.24) is 15.1 Å². The highest BCUT2D eigenvalue weighted by atomic mass is 16.5. The van der Waals surface area contributed by atoms with Gasteiger partial charge in [-0.15, -0.1) is 0 Å². The van der Waals surface area contributed by atoms with Crippen LogP contribution in [0, 0.1) is 0 Å². The van der Waals surface area contributed by atoms with Crippen molar-refractivity contribution >= 4 is 17.4 Å². The molecule has 0 saturated carbocycles. The highest BCUT2D eigenvalue weighted by Gasteiger charge is 2.27. The molecular formula is C32H37N3O5. The summed E-state index contributed by atoms with van der Waals surface area (Å²) in [5.41, 5.74) is 3.78. The Morgan fingerprint density at radius 2 is 1.45 bits per heavy atom. The molecular weight excluding hydrogens is 506 g/mol. The van der Waals surface area contributed by atoms with E-state index in [-0.39, 0.29) is 25.0 Å². The van der Waals surface area contributed by atoms with Gasteiger partial charge in [0.1, 0.15) is 31.3 Å². The molecule has 1 aliphatic rings. The third-order valence-corrected chi connectivity index (χ3v) is 6.62. The molecule has 1 aliphatic heterocycles. The Bertz CT molecular complexity index is 1290. The average Bonchev–Trinajstić information content (AvgIpc) is 2.99. The van der Waals surface area contributed by atoms with Crippen LogP contribution in [0.3, 0.4) is 0 Å². The zero-order chi connectivity index (χ0) is 28.3. The maximum Gasteiger partial charge on any atom is 0.259 e. The smallest absolute Gasteiger partial charge is 0.259 e.